The summed E-state index contributed by atoms with van der Waals surface area (Å²) >= 11 is 0. The van der Waals surface area contributed by atoms with E-state index in [4.69, 9.17) is 4.52 Å². The smallest absolute Gasteiger partial charge is 0.261 e. The van der Waals surface area contributed by atoms with Gasteiger partial charge in [0.05, 0.1) is 5.69 Å². The second-order valence-electron chi connectivity index (χ2n) is 7.92. The summed E-state index contributed by atoms with van der Waals surface area (Å²) < 4.78 is 5.50. The molecule has 1 aliphatic rings. The third-order valence-electron chi connectivity index (χ3n) is 5.78. The van der Waals surface area contributed by atoms with Crippen molar-refractivity contribution in [2.75, 3.05) is 33.2 Å². The summed E-state index contributed by atoms with van der Waals surface area (Å²) in [6.07, 6.45) is 0. The Hall–Kier alpha value is -3.22. The van der Waals surface area contributed by atoms with Crippen LogP contribution in [-0.4, -0.2) is 53.2 Å². The van der Waals surface area contributed by atoms with Crippen molar-refractivity contribution in [3.05, 3.63) is 76.6 Å². The SMILES string of the molecule is CN1CCN(Cc2ccc(-c3cc4onc(-c5ccccc5)c4c(=O)[nH]3)cc2)CC1. The Kier molecular flexibility index (Phi) is 4.94. The number of rotatable bonds is 4. The van der Waals surface area contributed by atoms with Gasteiger partial charge in [0, 0.05) is 44.4 Å². The van der Waals surface area contributed by atoms with Gasteiger partial charge < -0.3 is 14.4 Å². The largest absolute Gasteiger partial charge is 0.355 e. The molecule has 0 saturated carbocycles. The number of pyridine rings is 1. The molecule has 0 spiro atoms. The Morgan fingerprint density at radius 1 is 0.967 bits per heavy atom. The molecule has 1 N–H and O–H groups in total. The molecule has 3 heterocycles. The fraction of sp³-hybridized carbons (Fsp3) is 0.250. The fourth-order valence-corrected chi connectivity index (χ4v) is 3.98. The molecule has 30 heavy (non-hydrogen) atoms. The maximum atomic E-state index is 12.8. The standard InChI is InChI=1S/C24H24N4O2/c1-27-11-13-28(14-12-27)16-17-7-9-18(10-8-17)20-15-21-22(24(29)25-20)23(26-30-21)19-5-3-2-4-6-19/h2-10,15H,11-14,16H2,1H3,(H,25,29). The number of H-pyrrole nitrogens is 1. The van der Waals surface area contributed by atoms with E-state index in [-0.39, 0.29) is 5.56 Å². The van der Waals surface area contributed by atoms with Crippen molar-refractivity contribution >= 4 is 11.0 Å². The van der Waals surface area contributed by atoms with Crippen molar-refractivity contribution in [1.82, 2.24) is 19.9 Å². The fourth-order valence-electron chi connectivity index (χ4n) is 3.98. The molecule has 0 unspecified atom stereocenters. The number of nitrogens with one attached hydrogen (secondary N) is 1. The van der Waals surface area contributed by atoms with E-state index < -0.39 is 0 Å². The second kappa shape index (κ2) is 7.89. The summed E-state index contributed by atoms with van der Waals surface area (Å²) in [5.74, 6) is 0. The Labute approximate surface area is 174 Å². The van der Waals surface area contributed by atoms with Gasteiger partial charge >= 0.3 is 0 Å². The number of aromatic amines is 1. The van der Waals surface area contributed by atoms with Gasteiger partial charge in [0.25, 0.3) is 5.56 Å². The normalized spacial score (nSPS) is 15.6. The number of benzene rings is 2. The Bertz CT molecular complexity index is 1200. The lowest BCUT2D eigenvalue weighted by Crippen LogP contribution is -2.43. The molecule has 0 aliphatic carbocycles. The minimum atomic E-state index is -0.191. The zero-order valence-corrected chi connectivity index (χ0v) is 17.0. The van der Waals surface area contributed by atoms with Crippen molar-refractivity contribution in [2.45, 2.75) is 6.54 Å². The van der Waals surface area contributed by atoms with E-state index in [2.05, 4.69) is 51.3 Å². The molecule has 0 amide bonds. The number of nitrogens with zero attached hydrogens (tertiary/aromatic N) is 3. The zero-order valence-electron chi connectivity index (χ0n) is 17.0. The van der Waals surface area contributed by atoms with Crippen LogP contribution in [0.2, 0.25) is 0 Å². The van der Waals surface area contributed by atoms with Gasteiger partial charge in [-0.1, -0.05) is 59.8 Å². The average molecular weight is 400 g/mol. The van der Waals surface area contributed by atoms with Crippen LogP contribution in [0.5, 0.6) is 0 Å². The molecule has 152 valence electrons. The van der Waals surface area contributed by atoms with Crippen LogP contribution in [0, 0.1) is 0 Å². The minimum absolute atomic E-state index is 0.191. The van der Waals surface area contributed by atoms with Crippen LogP contribution < -0.4 is 5.56 Å². The predicted molar refractivity (Wildman–Crippen MR) is 118 cm³/mol. The molecule has 5 rings (SSSR count). The number of hydrogen-bond donors (Lipinski definition) is 1. The second-order valence-corrected chi connectivity index (χ2v) is 7.92. The highest BCUT2D eigenvalue weighted by Gasteiger charge is 2.16. The summed E-state index contributed by atoms with van der Waals surface area (Å²) in [5.41, 5.74) is 4.70. The lowest BCUT2D eigenvalue weighted by atomic mass is 10.1. The van der Waals surface area contributed by atoms with Crippen LogP contribution in [0.3, 0.4) is 0 Å². The quantitative estimate of drug-likeness (QED) is 0.567. The highest BCUT2D eigenvalue weighted by molar-refractivity contribution is 5.92. The van der Waals surface area contributed by atoms with Gasteiger partial charge in [-0.05, 0) is 18.2 Å². The van der Waals surface area contributed by atoms with E-state index in [0.717, 1.165) is 49.5 Å². The van der Waals surface area contributed by atoms with Gasteiger partial charge in [0.15, 0.2) is 5.58 Å². The van der Waals surface area contributed by atoms with E-state index in [0.29, 0.717) is 16.7 Å². The van der Waals surface area contributed by atoms with Crippen molar-refractivity contribution < 1.29 is 4.52 Å². The van der Waals surface area contributed by atoms with Crippen molar-refractivity contribution in [3.63, 3.8) is 0 Å². The van der Waals surface area contributed by atoms with Gasteiger partial charge in [0.1, 0.15) is 11.1 Å². The first kappa shape index (κ1) is 18.8. The summed E-state index contributed by atoms with van der Waals surface area (Å²) in [6, 6.07) is 19.8. The monoisotopic (exact) mass is 400 g/mol. The molecular weight excluding hydrogens is 376 g/mol. The Morgan fingerprint density at radius 2 is 1.70 bits per heavy atom. The number of piperazine rings is 1. The van der Waals surface area contributed by atoms with Crippen LogP contribution in [-0.2, 0) is 6.54 Å². The molecule has 2 aromatic carbocycles. The first-order valence-corrected chi connectivity index (χ1v) is 10.3. The highest BCUT2D eigenvalue weighted by atomic mass is 16.5. The highest BCUT2D eigenvalue weighted by Crippen LogP contribution is 2.27. The van der Waals surface area contributed by atoms with Gasteiger partial charge in [-0.15, -0.1) is 0 Å². The number of hydrogen-bond acceptors (Lipinski definition) is 5. The summed E-state index contributed by atoms with van der Waals surface area (Å²) in [4.78, 5) is 20.6. The van der Waals surface area contributed by atoms with Crippen molar-refractivity contribution in [3.8, 4) is 22.5 Å². The summed E-state index contributed by atoms with van der Waals surface area (Å²) in [6.45, 7) is 5.37. The number of likely N-dealkylation sites (N-methyl/N-ethyl adjacent to an activating group) is 1. The summed E-state index contributed by atoms with van der Waals surface area (Å²) in [5, 5.41) is 4.62. The third kappa shape index (κ3) is 3.67. The van der Waals surface area contributed by atoms with Crippen LogP contribution in [0.15, 0.2) is 70.0 Å². The van der Waals surface area contributed by atoms with Gasteiger partial charge in [0.2, 0.25) is 0 Å². The first-order chi connectivity index (χ1) is 14.7. The number of aromatic nitrogens is 2. The molecular formula is C24H24N4O2. The topological polar surface area (TPSA) is 65.4 Å². The van der Waals surface area contributed by atoms with E-state index in [9.17, 15) is 4.79 Å². The lowest BCUT2D eigenvalue weighted by molar-refractivity contribution is 0.148. The molecule has 0 radical (unpaired) electrons. The zero-order chi connectivity index (χ0) is 20.5. The number of fused-ring (bicyclic) bond motifs is 1. The molecule has 4 aromatic rings. The molecule has 2 aromatic heterocycles. The van der Waals surface area contributed by atoms with E-state index in [1.54, 1.807) is 0 Å². The van der Waals surface area contributed by atoms with E-state index >= 15 is 0 Å². The predicted octanol–water partition coefficient (Wildman–Crippen LogP) is 3.60. The van der Waals surface area contributed by atoms with Crippen LogP contribution in [0.25, 0.3) is 33.5 Å². The Morgan fingerprint density at radius 3 is 2.43 bits per heavy atom. The molecule has 1 saturated heterocycles. The van der Waals surface area contributed by atoms with E-state index in [1.807, 2.05) is 36.4 Å². The van der Waals surface area contributed by atoms with Crippen LogP contribution in [0.4, 0.5) is 0 Å². The summed E-state index contributed by atoms with van der Waals surface area (Å²) in [7, 11) is 2.17. The first-order valence-electron chi connectivity index (χ1n) is 10.3. The molecule has 6 nitrogen and oxygen atoms in total. The van der Waals surface area contributed by atoms with Crippen molar-refractivity contribution in [2.24, 2.45) is 0 Å². The molecule has 0 atom stereocenters. The van der Waals surface area contributed by atoms with Gasteiger partial charge in [-0.2, -0.15) is 0 Å². The van der Waals surface area contributed by atoms with Crippen LogP contribution in [0.1, 0.15) is 5.56 Å². The molecule has 1 aliphatic heterocycles. The maximum absolute atomic E-state index is 12.8. The average Bonchev–Trinajstić information content (AvgIpc) is 3.21. The van der Waals surface area contributed by atoms with E-state index in [1.165, 1.54) is 5.56 Å². The third-order valence-corrected chi connectivity index (χ3v) is 5.78. The maximum Gasteiger partial charge on any atom is 0.261 e. The molecule has 1 fully saturated rings. The lowest BCUT2D eigenvalue weighted by Gasteiger charge is -2.32. The van der Waals surface area contributed by atoms with Crippen LogP contribution >= 0.6 is 0 Å². The van der Waals surface area contributed by atoms with Crippen molar-refractivity contribution in [1.29, 1.82) is 0 Å². The van der Waals surface area contributed by atoms with Gasteiger partial charge in [-0.3, -0.25) is 9.69 Å². The minimum Gasteiger partial charge on any atom is -0.355 e. The molecule has 6 heteroatoms. The molecule has 0 bridgehead atoms. The van der Waals surface area contributed by atoms with Gasteiger partial charge in [-0.25, -0.2) is 0 Å². The Balaban J connectivity index is 1.40.